The first-order chi connectivity index (χ1) is 6.63. The van der Waals surface area contributed by atoms with E-state index in [9.17, 15) is 4.79 Å². The molecular weight excluding hydrogens is 174 g/mol. The van der Waals surface area contributed by atoms with Crippen molar-refractivity contribution in [2.24, 2.45) is 11.3 Å². The molecule has 0 unspecified atom stereocenters. The minimum Gasteiger partial charge on any atom is -0.342 e. The van der Waals surface area contributed by atoms with Gasteiger partial charge in [0.15, 0.2) is 0 Å². The van der Waals surface area contributed by atoms with Crippen LogP contribution in [0.1, 0.15) is 46.0 Å². The standard InChI is InChI=1S/C12H21NO/c1-3-12(2)6-7-13(9-12)11(14)8-10-4-5-10/h10H,3-9H2,1-2H3/t12-/m0/s1. The van der Waals surface area contributed by atoms with Crippen LogP contribution in [-0.2, 0) is 4.79 Å². The van der Waals surface area contributed by atoms with E-state index in [1.54, 1.807) is 0 Å². The monoisotopic (exact) mass is 195 g/mol. The highest BCUT2D eigenvalue weighted by Crippen LogP contribution is 2.36. The highest BCUT2D eigenvalue weighted by molar-refractivity contribution is 5.77. The first-order valence-corrected chi connectivity index (χ1v) is 5.91. The predicted molar refractivity (Wildman–Crippen MR) is 56.9 cm³/mol. The van der Waals surface area contributed by atoms with Crippen molar-refractivity contribution in [1.29, 1.82) is 0 Å². The summed E-state index contributed by atoms with van der Waals surface area (Å²) in [5.41, 5.74) is 0.402. The molecule has 1 saturated heterocycles. The SMILES string of the molecule is CC[C@@]1(C)CCN(C(=O)CC2CC2)C1. The topological polar surface area (TPSA) is 20.3 Å². The maximum atomic E-state index is 11.8. The lowest BCUT2D eigenvalue weighted by Gasteiger charge is -2.22. The number of amides is 1. The first-order valence-electron chi connectivity index (χ1n) is 5.91. The summed E-state index contributed by atoms with van der Waals surface area (Å²) >= 11 is 0. The molecule has 0 radical (unpaired) electrons. The first kappa shape index (κ1) is 10.0. The molecule has 1 amide bonds. The number of hydrogen-bond acceptors (Lipinski definition) is 1. The highest BCUT2D eigenvalue weighted by atomic mass is 16.2. The van der Waals surface area contributed by atoms with Crippen molar-refractivity contribution in [1.82, 2.24) is 4.90 Å². The van der Waals surface area contributed by atoms with Crippen LogP contribution in [0.2, 0.25) is 0 Å². The molecule has 0 aromatic heterocycles. The van der Waals surface area contributed by atoms with Crippen LogP contribution in [0.15, 0.2) is 0 Å². The molecule has 2 rings (SSSR count). The molecular formula is C12H21NO. The Bertz CT molecular complexity index is 234. The van der Waals surface area contributed by atoms with Gasteiger partial charge in [0.05, 0.1) is 0 Å². The van der Waals surface area contributed by atoms with Crippen molar-refractivity contribution < 1.29 is 4.79 Å². The summed E-state index contributed by atoms with van der Waals surface area (Å²) in [7, 11) is 0. The van der Waals surface area contributed by atoms with Crippen LogP contribution in [-0.4, -0.2) is 23.9 Å². The minimum absolute atomic E-state index is 0.402. The third-order valence-electron chi connectivity index (χ3n) is 3.92. The van der Waals surface area contributed by atoms with E-state index < -0.39 is 0 Å². The average molecular weight is 195 g/mol. The lowest BCUT2D eigenvalue weighted by Crippen LogP contribution is -2.31. The van der Waals surface area contributed by atoms with Crippen molar-refractivity contribution in [2.75, 3.05) is 13.1 Å². The Hall–Kier alpha value is -0.530. The van der Waals surface area contributed by atoms with Gasteiger partial charge in [0.1, 0.15) is 0 Å². The fourth-order valence-corrected chi connectivity index (χ4v) is 2.22. The van der Waals surface area contributed by atoms with E-state index in [2.05, 4.69) is 18.7 Å². The molecule has 0 spiro atoms. The Balaban J connectivity index is 1.84. The summed E-state index contributed by atoms with van der Waals surface area (Å²) in [6.45, 7) is 6.53. The second kappa shape index (κ2) is 3.56. The van der Waals surface area contributed by atoms with Crippen LogP contribution in [0.5, 0.6) is 0 Å². The molecule has 2 heteroatoms. The maximum Gasteiger partial charge on any atom is 0.222 e. The minimum atomic E-state index is 0.402. The van der Waals surface area contributed by atoms with E-state index in [-0.39, 0.29) is 0 Å². The normalized spacial score (nSPS) is 32.3. The molecule has 1 heterocycles. The fraction of sp³-hybridized carbons (Fsp3) is 0.917. The highest BCUT2D eigenvalue weighted by Gasteiger charge is 2.36. The van der Waals surface area contributed by atoms with Gasteiger partial charge in [-0.15, -0.1) is 0 Å². The van der Waals surface area contributed by atoms with Crippen LogP contribution < -0.4 is 0 Å². The molecule has 1 aliphatic heterocycles. The summed E-state index contributed by atoms with van der Waals surface area (Å²) in [6, 6.07) is 0. The van der Waals surface area contributed by atoms with E-state index in [0.29, 0.717) is 11.3 Å². The van der Waals surface area contributed by atoms with Gasteiger partial charge in [0.2, 0.25) is 5.91 Å². The molecule has 1 aliphatic carbocycles. The second-order valence-corrected chi connectivity index (χ2v) is 5.38. The lowest BCUT2D eigenvalue weighted by atomic mass is 9.87. The van der Waals surface area contributed by atoms with Gasteiger partial charge in [-0.25, -0.2) is 0 Å². The Kier molecular flexibility index (Phi) is 2.54. The van der Waals surface area contributed by atoms with Crippen molar-refractivity contribution in [3.8, 4) is 0 Å². The molecule has 1 atom stereocenters. The van der Waals surface area contributed by atoms with Gasteiger partial charge >= 0.3 is 0 Å². The summed E-state index contributed by atoms with van der Waals surface area (Å²) < 4.78 is 0. The number of carbonyl (C=O) groups excluding carboxylic acids is 1. The molecule has 2 nitrogen and oxygen atoms in total. The molecule has 0 aromatic carbocycles. The van der Waals surface area contributed by atoms with Crippen LogP contribution >= 0.6 is 0 Å². The van der Waals surface area contributed by atoms with Gasteiger partial charge in [-0.05, 0) is 37.0 Å². The molecule has 2 fully saturated rings. The Morgan fingerprint density at radius 3 is 2.71 bits per heavy atom. The lowest BCUT2D eigenvalue weighted by molar-refractivity contribution is -0.130. The van der Waals surface area contributed by atoms with Crippen molar-refractivity contribution in [2.45, 2.75) is 46.0 Å². The number of likely N-dealkylation sites (tertiary alicyclic amines) is 1. The van der Waals surface area contributed by atoms with E-state index >= 15 is 0 Å². The summed E-state index contributed by atoms with van der Waals surface area (Å²) in [6.07, 6.45) is 5.77. The quantitative estimate of drug-likeness (QED) is 0.677. The molecule has 2 aliphatic rings. The zero-order chi connectivity index (χ0) is 10.2. The van der Waals surface area contributed by atoms with Crippen LogP contribution in [0.4, 0.5) is 0 Å². The Labute approximate surface area is 86.7 Å². The van der Waals surface area contributed by atoms with Crippen LogP contribution in [0, 0.1) is 11.3 Å². The largest absolute Gasteiger partial charge is 0.342 e. The second-order valence-electron chi connectivity index (χ2n) is 5.38. The maximum absolute atomic E-state index is 11.8. The van der Waals surface area contributed by atoms with Gasteiger partial charge in [-0.1, -0.05) is 13.8 Å². The number of rotatable bonds is 3. The van der Waals surface area contributed by atoms with Gasteiger partial charge < -0.3 is 4.90 Å². The van der Waals surface area contributed by atoms with Gasteiger partial charge in [-0.3, -0.25) is 4.79 Å². The van der Waals surface area contributed by atoms with E-state index in [4.69, 9.17) is 0 Å². The average Bonchev–Trinajstić information content (AvgIpc) is 2.88. The Morgan fingerprint density at radius 2 is 2.21 bits per heavy atom. The number of nitrogens with zero attached hydrogens (tertiary/aromatic N) is 1. The molecule has 0 N–H and O–H groups in total. The van der Waals surface area contributed by atoms with Crippen molar-refractivity contribution in [3.05, 3.63) is 0 Å². The van der Waals surface area contributed by atoms with Crippen molar-refractivity contribution >= 4 is 5.91 Å². The summed E-state index contributed by atoms with van der Waals surface area (Å²) in [5.74, 6) is 1.14. The molecule has 14 heavy (non-hydrogen) atoms. The number of carbonyl (C=O) groups is 1. The summed E-state index contributed by atoms with van der Waals surface area (Å²) in [5, 5.41) is 0. The van der Waals surface area contributed by atoms with Gasteiger partial charge in [0, 0.05) is 19.5 Å². The van der Waals surface area contributed by atoms with Crippen LogP contribution in [0.3, 0.4) is 0 Å². The van der Waals surface area contributed by atoms with Crippen molar-refractivity contribution in [3.63, 3.8) is 0 Å². The molecule has 0 bridgehead atoms. The zero-order valence-electron chi connectivity index (χ0n) is 9.38. The van der Waals surface area contributed by atoms with E-state index in [0.717, 1.165) is 25.4 Å². The van der Waals surface area contributed by atoms with Crippen LogP contribution in [0.25, 0.3) is 0 Å². The van der Waals surface area contributed by atoms with E-state index in [1.807, 2.05) is 0 Å². The van der Waals surface area contributed by atoms with E-state index in [1.165, 1.54) is 25.7 Å². The molecule has 1 saturated carbocycles. The Morgan fingerprint density at radius 1 is 1.50 bits per heavy atom. The zero-order valence-corrected chi connectivity index (χ0v) is 9.38. The molecule has 80 valence electrons. The smallest absolute Gasteiger partial charge is 0.222 e. The molecule has 0 aromatic rings. The third kappa shape index (κ3) is 2.10. The number of hydrogen-bond donors (Lipinski definition) is 0. The third-order valence-corrected chi connectivity index (χ3v) is 3.92. The van der Waals surface area contributed by atoms with Gasteiger partial charge in [-0.2, -0.15) is 0 Å². The fourth-order valence-electron chi connectivity index (χ4n) is 2.22. The summed E-state index contributed by atoms with van der Waals surface area (Å²) in [4.78, 5) is 13.9. The van der Waals surface area contributed by atoms with Gasteiger partial charge in [0.25, 0.3) is 0 Å². The predicted octanol–water partition coefficient (Wildman–Crippen LogP) is 2.44.